The Labute approximate surface area is 258 Å². The van der Waals surface area contributed by atoms with E-state index in [1.165, 1.54) is 0 Å². The molecule has 6 aromatic carbocycles. The van der Waals surface area contributed by atoms with Crippen LogP contribution in [0.2, 0.25) is 0 Å². The second kappa shape index (κ2) is 9.90. The number of hydrogen-bond acceptors (Lipinski definition) is 5. The number of para-hydroxylation sites is 4. The minimum atomic E-state index is 0.554. The Kier molecular flexibility index (Phi) is 5.56. The maximum atomic E-state index is 6.26. The van der Waals surface area contributed by atoms with E-state index >= 15 is 0 Å². The second-order valence-corrected chi connectivity index (χ2v) is 11.1. The van der Waals surface area contributed by atoms with Crippen LogP contribution in [-0.2, 0) is 0 Å². The molecule has 0 fully saturated rings. The molecule has 3 aromatic heterocycles. The van der Waals surface area contributed by atoms with E-state index in [9.17, 15) is 0 Å². The first kappa shape index (κ1) is 25.3. The quantitative estimate of drug-likeness (QED) is 0.208. The standard InChI is InChI=1S/C40H23N3O2/c1-24-41-39(27-20-16-25(17-21-27)29-10-6-12-33-31-8-2-4-14-35(31)44-37(29)33)43-40(42-24)28-22-18-26(19-23-28)30-11-7-13-34-32-9-3-5-15-36(32)45-38(30)34/h2-18,20-22H,1H3. The van der Waals surface area contributed by atoms with Gasteiger partial charge in [0.15, 0.2) is 11.6 Å². The first-order chi connectivity index (χ1) is 22.2. The van der Waals surface area contributed by atoms with Gasteiger partial charge in [-0.3, -0.25) is 0 Å². The van der Waals surface area contributed by atoms with Gasteiger partial charge in [-0.2, -0.15) is 0 Å². The summed E-state index contributed by atoms with van der Waals surface area (Å²) in [6.45, 7) is 1.88. The van der Waals surface area contributed by atoms with E-state index in [0.717, 1.165) is 77.3 Å². The van der Waals surface area contributed by atoms with Gasteiger partial charge in [0.1, 0.15) is 28.2 Å². The fourth-order valence-corrected chi connectivity index (χ4v) is 6.14. The summed E-state index contributed by atoms with van der Waals surface area (Å²) in [6.07, 6.45) is 0. The molecule has 0 saturated heterocycles. The van der Waals surface area contributed by atoms with E-state index < -0.39 is 0 Å². The van der Waals surface area contributed by atoms with Crippen molar-refractivity contribution in [1.29, 1.82) is 0 Å². The van der Waals surface area contributed by atoms with Crippen LogP contribution in [0, 0.1) is 19.1 Å². The van der Waals surface area contributed by atoms with E-state index in [1.807, 2.05) is 79.7 Å². The van der Waals surface area contributed by atoms with E-state index in [-0.39, 0.29) is 0 Å². The van der Waals surface area contributed by atoms with Crippen LogP contribution in [0.25, 0.3) is 88.9 Å². The van der Waals surface area contributed by atoms with Crippen molar-refractivity contribution in [2.24, 2.45) is 0 Å². The lowest BCUT2D eigenvalue weighted by Gasteiger charge is -2.07. The third-order valence-electron chi connectivity index (χ3n) is 8.29. The van der Waals surface area contributed by atoms with E-state index in [0.29, 0.717) is 17.5 Å². The number of rotatable bonds is 4. The van der Waals surface area contributed by atoms with Crippen molar-refractivity contribution in [1.82, 2.24) is 15.0 Å². The first-order valence-electron chi connectivity index (χ1n) is 14.8. The molecular formula is C40H23N3O2. The number of nitrogens with zero attached hydrogens (tertiary/aromatic N) is 3. The van der Waals surface area contributed by atoms with Crippen LogP contribution in [0.1, 0.15) is 5.82 Å². The highest BCUT2D eigenvalue weighted by Crippen LogP contribution is 2.37. The predicted molar refractivity (Wildman–Crippen MR) is 179 cm³/mol. The highest BCUT2D eigenvalue weighted by molar-refractivity contribution is 6.10. The lowest BCUT2D eigenvalue weighted by molar-refractivity contribution is 0.669. The molecule has 0 aliphatic carbocycles. The number of furan rings is 2. The summed E-state index contributed by atoms with van der Waals surface area (Å²) in [6, 6.07) is 47.5. The zero-order valence-corrected chi connectivity index (χ0v) is 24.2. The molecule has 0 spiro atoms. The minimum absolute atomic E-state index is 0.554. The van der Waals surface area contributed by atoms with Crippen molar-refractivity contribution in [2.45, 2.75) is 6.92 Å². The summed E-state index contributed by atoms with van der Waals surface area (Å²) in [5.74, 6) is 1.80. The predicted octanol–water partition coefficient (Wildman–Crippen LogP) is 10.2. The minimum Gasteiger partial charge on any atom is -0.455 e. The molecule has 0 aliphatic heterocycles. The third kappa shape index (κ3) is 4.16. The molecule has 0 bridgehead atoms. The highest BCUT2D eigenvalue weighted by atomic mass is 16.3. The van der Waals surface area contributed by atoms with Gasteiger partial charge in [-0.25, -0.2) is 15.0 Å². The monoisotopic (exact) mass is 577 g/mol. The molecule has 5 nitrogen and oxygen atoms in total. The average molecular weight is 578 g/mol. The average Bonchev–Trinajstić information content (AvgIpc) is 3.67. The lowest BCUT2D eigenvalue weighted by atomic mass is 10.0. The zero-order chi connectivity index (χ0) is 29.9. The van der Waals surface area contributed by atoms with E-state index in [4.69, 9.17) is 13.8 Å². The third-order valence-corrected chi connectivity index (χ3v) is 8.29. The number of benzene rings is 5. The number of hydrogen-bond donors (Lipinski definition) is 0. The van der Waals surface area contributed by atoms with Crippen molar-refractivity contribution in [3.8, 4) is 45.0 Å². The molecule has 0 atom stereocenters. The molecular weight excluding hydrogens is 554 g/mol. The largest absolute Gasteiger partial charge is 0.455 e. The molecule has 0 saturated carbocycles. The Morgan fingerprint density at radius 3 is 1.64 bits per heavy atom. The Hall–Kier alpha value is -6.25. The van der Waals surface area contributed by atoms with Crippen LogP contribution in [0.5, 0.6) is 0 Å². The van der Waals surface area contributed by atoms with Crippen LogP contribution < -0.4 is 0 Å². The SMILES string of the molecule is Cc1nc(-c2c#cc(-c3cccc4c3oc3ccccc34)cc2)nc(-c2ccc(-c3cccc4c3oc3ccccc34)cc2)n1. The van der Waals surface area contributed by atoms with Crippen molar-refractivity contribution in [3.63, 3.8) is 0 Å². The fourth-order valence-electron chi connectivity index (χ4n) is 6.14. The maximum absolute atomic E-state index is 6.26. The van der Waals surface area contributed by atoms with Gasteiger partial charge >= 0.3 is 0 Å². The lowest BCUT2D eigenvalue weighted by Crippen LogP contribution is -1.99. The van der Waals surface area contributed by atoms with Gasteiger partial charge in [-0.05, 0) is 42.8 Å². The molecule has 9 rings (SSSR count). The number of aryl methyl sites for hydroxylation is 1. The highest BCUT2D eigenvalue weighted by Gasteiger charge is 2.15. The topological polar surface area (TPSA) is 65.0 Å². The number of aromatic nitrogens is 3. The molecule has 9 aromatic rings. The fraction of sp³-hybridized carbons (Fsp3) is 0.0250. The molecule has 45 heavy (non-hydrogen) atoms. The van der Waals surface area contributed by atoms with Gasteiger partial charge < -0.3 is 8.83 Å². The second-order valence-electron chi connectivity index (χ2n) is 11.1. The summed E-state index contributed by atoms with van der Waals surface area (Å²) in [5, 5.41) is 4.41. The smallest absolute Gasteiger partial charge is 0.172 e. The van der Waals surface area contributed by atoms with Crippen LogP contribution in [0.15, 0.2) is 130 Å². The Morgan fingerprint density at radius 2 is 0.978 bits per heavy atom. The molecule has 0 amide bonds. The summed E-state index contributed by atoms with van der Waals surface area (Å²) < 4.78 is 12.5. The van der Waals surface area contributed by atoms with E-state index in [1.54, 1.807) is 0 Å². The summed E-state index contributed by atoms with van der Waals surface area (Å²) >= 11 is 0. The van der Waals surface area contributed by atoms with Crippen LogP contribution in [-0.4, -0.2) is 15.0 Å². The normalized spacial score (nSPS) is 11.5. The summed E-state index contributed by atoms with van der Waals surface area (Å²) in [4.78, 5) is 14.1. The van der Waals surface area contributed by atoms with Gasteiger partial charge in [0, 0.05) is 43.8 Å². The van der Waals surface area contributed by atoms with Crippen molar-refractivity contribution < 1.29 is 8.83 Å². The Morgan fingerprint density at radius 1 is 0.444 bits per heavy atom. The first-order valence-corrected chi connectivity index (χ1v) is 14.8. The van der Waals surface area contributed by atoms with Gasteiger partial charge in [0.25, 0.3) is 0 Å². The zero-order valence-electron chi connectivity index (χ0n) is 24.2. The van der Waals surface area contributed by atoms with Crippen molar-refractivity contribution >= 4 is 43.9 Å². The van der Waals surface area contributed by atoms with Crippen LogP contribution in [0.3, 0.4) is 0 Å². The molecule has 5 heteroatoms. The molecule has 0 unspecified atom stereocenters. The van der Waals surface area contributed by atoms with Crippen molar-refractivity contribution in [3.05, 3.63) is 139 Å². The molecule has 0 radical (unpaired) electrons. The summed E-state index contributed by atoms with van der Waals surface area (Å²) in [5.41, 5.74) is 9.10. The van der Waals surface area contributed by atoms with Crippen LogP contribution in [0.4, 0.5) is 0 Å². The Balaban J connectivity index is 1.05. The Bertz CT molecular complexity index is 2370. The molecule has 210 valence electrons. The number of fused-ring (bicyclic) bond motifs is 6. The van der Waals surface area contributed by atoms with Gasteiger partial charge in [-0.1, -0.05) is 103 Å². The van der Waals surface area contributed by atoms with Crippen LogP contribution >= 0.6 is 0 Å². The molecule has 0 N–H and O–H groups in total. The van der Waals surface area contributed by atoms with Gasteiger partial charge in [0.05, 0.1) is 5.56 Å². The van der Waals surface area contributed by atoms with Gasteiger partial charge in [-0.15, -0.1) is 0 Å². The van der Waals surface area contributed by atoms with Gasteiger partial charge in [0.2, 0.25) is 0 Å². The molecule has 3 heterocycles. The maximum Gasteiger partial charge on any atom is 0.172 e. The van der Waals surface area contributed by atoms with E-state index in [2.05, 4.69) is 70.6 Å². The molecule has 0 aliphatic rings. The summed E-state index contributed by atoms with van der Waals surface area (Å²) in [7, 11) is 0. The van der Waals surface area contributed by atoms with Crippen molar-refractivity contribution in [2.75, 3.05) is 0 Å².